The standard InChI is InChI=1S/C29H28Cl2N2O3/c30-13-16-36-29-23(18-32)17-26-24(9-6-10-25(26)28(29)31)22-11-12-27(33-19-22)35-15-5-4-14-34-20-21-7-2-1-3-8-21/h1-3,7-9,11-12,17,19H,4-6,10,13-16,20H2. The quantitative estimate of drug-likeness (QED) is 0.189. The summed E-state index contributed by atoms with van der Waals surface area (Å²) in [6.07, 6.45) is 7.40. The van der Waals surface area contributed by atoms with E-state index in [4.69, 9.17) is 37.4 Å². The molecule has 0 saturated carbocycles. The van der Waals surface area contributed by atoms with Crippen molar-refractivity contribution in [2.75, 3.05) is 25.7 Å². The first-order valence-electron chi connectivity index (χ1n) is 12.1. The highest BCUT2D eigenvalue weighted by Gasteiger charge is 2.23. The summed E-state index contributed by atoms with van der Waals surface area (Å²) in [5.41, 5.74) is 5.46. The van der Waals surface area contributed by atoms with Crippen molar-refractivity contribution in [1.29, 1.82) is 5.26 Å². The van der Waals surface area contributed by atoms with Gasteiger partial charge in [0.15, 0.2) is 5.75 Å². The summed E-state index contributed by atoms with van der Waals surface area (Å²) < 4.78 is 17.2. The lowest BCUT2D eigenvalue weighted by atomic mass is 9.86. The Balaban J connectivity index is 1.32. The SMILES string of the molecule is N#Cc1cc2c(c(Cl)c1OCCCl)CCC=C2c1ccc(OCCCCOCc2ccccc2)nc1. The molecule has 36 heavy (non-hydrogen) atoms. The van der Waals surface area contributed by atoms with E-state index in [9.17, 15) is 5.26 Å². The lowest BCUT2D eigenvalue weighted by molar-refractivity contribution is 0.113. The molecule has 1 aromatic heterocycles. The van der Waals surface area contributed by atoms with Gasteiger partial charge in [0.25, 0.3) is 0 Å². The molecule has 2 aromatic carbocycles. The van der Waals surface area contributed by atoms with E-state index in [1.165, 1.54) is 5.56 Å². The minimum Gasteiger partial charge on any atom is -0.489 e. The number of rotatable bonds is 12. The van der Waals surface area contributed by atoms with E-state index in [0.717, 1.165) is 47.9 Å². The molecule has 0 atom stereocenters. The smallest absolute Gasteiger partial charge is 0.213 e. The molecule has 0 N–H and O–H groups in total. The minimum atomic E-state index is 0.295. The Labute approximate surface area is 222 Å². The molecule has 0 amide bonds. The van der Waals surface area contributed by atoms with E-state index in [0.29, 0.717) is 54.5 Å². The number of allylic oxidation sites excluding steroid dienone is 1. The monoisotopic (exact) mass is 522 g/mol. The van der Waals surface area contributed by atoms with Crippen molar-refractivity contribution < 1.29 is 14.2 Å². The van der Waals surface area contributed by atoms with Crippen LogP contribution in [0.2, 0.25) is 5.02 Å². The molecule has 0 aliphatic heterocycles. The number of hydrogen-bond acceptors (Lipinski definition) is 5. The zero-order valence-electron chi connectivity index (χ0n) is 20.0. The fourth-order valence-corrected chi connectivity index (χ4v) is 4.57. The van der Waals surface area contributed by atoms with Gasteiger partial charge >= 0.3 is 0 Å². The van der Waals surface area contributed by atoms with Crippen LogP contribution in [0, 0.1) is 11.3 Å². The predicted molar refractivity (Wildman–Crippen MR) is 143 cm³/mol. The third-order valence-corrected chi connectivity index (χ3v) is 6.45. The van der Waals surface area contributed by atoms with Crippen molar-refractivity contribution in [2.45, 2.75) is 32.3 Å². The lowest BCUT2D eigenvalue weighted by Crippen LogP contribution is -2.08. The number of nitrogens with zero attached hydrogens (tertiary/aromatic N) is 2. The highest BCUT2D eigenvalue weighted by molar-refractivity contribution is 6.33. The van der Waals surface area contributed by atoms with E-state index in [1.54, 1.807) is 6.20 Å². The van der Waals surface area contributed by atoms with Gasteiger partial charge in [-0.25, -0.2) is 4.98 Å². The van der Waals surface area contributed by atoms with Crippen LogP contribution in [0.25, 0.3) is 5.57 Å². The van der Waals surface area contributed by atoms with E-state index in [2.05, 4.69) is 29.3 Å². The molecule has 1 aliphatic carbocycles. The molecule has 0 spiro atoms. The normalized spacial score (nSPS) is 12.4. The Bertz CT molecular complexity index is 1220. The molecule has 7 heteroatoms. The van der Waals surface area contributed by atoms with Crippen LogP contribution in [0.4, 0.5) is 0 Å². The van der Waals surface area contributed by atoms with Crippen molar-refractivity contribution in [1.82, 2.24) is 4.98 Å². The molecular weight excluding hydrogens is 495 g/mol. The Morgan fingerprint density at radius 1 is 1.00 bits per heavy atom. The van der Waals surface area contributed by atoms with Gasteiger partial charge in [-0.05, 0) is 60.1 Å². The highest BCUT2D eigenvalue weighted by atomic mass is 35.5. The average Bonchev–Trinajstić information content (AvgIpc) is 2.92. The number of hydrogen-bond donors (Lipinski definition) is 0. The molecule has 0 saturated heterocycles. The van der Waals surface area contributed by atoms with Gasteiger partial charge in [0, 0.05) is 24.4 Å². The molecule has 3 aromatic rings. The zero-order valence-corrected chi connectivity index (χ0v) is 21.5. The van der Waals surface area contributed by atoms with E-state index in [1.807, 2.05) is 36.4 Å². The first kappa shape index (κ1) is 26.0. The van der Waals surface area contributed by atoms with Crippen molar-refractivity contribution >= 4 is 28.8 Å². The maximum absolute atomic E-state index is 9.66. The Morgan fingerprint density at radius 2 is 1.83 bits per heavy atom. The zero-order chi connectivity index (χ0) is 25.2. The van der Waals surface area contributed by atoms with Crippen molar-refractivity contribution in [3.05, 3.63) is 93.6 Å². The van der Waals surface area contributed by atoms with Crippen molar-refractivity contribution in [2.24, 2.45) is 0 Å². The minimum absolute atomic E-state index is 0.295. The number of fused-ring (bicyclic) bond motifs is 1. The van der Waals surface area contributed by atoms with E-state index >= 15 is 0 Å². The van der Waals surface area contributed by atoms with Crippen LogP contribution in [-0.4, -0.2) is 30.7 Å². The summed E-state index contributed by atoms with van der Waals surface area (Å²) >= 11 is 12.4. The first-order chi connectivity index (χ1) is 17.7. The molecule has 0 unspecified atom stereocenters. The lowest BCUT2D eigenvalue weighted by Gasteiger charge is -2.22. The van der Waals surface area contributed by atoms with Crippen molar-refractivity contribution in [3.63, 3.8) is 0 Å². The van der Waals surface area contributed by atoms with Gasteiger partial charge in [-0.15, -0.1) is 11.6 Å². The second-order valence-electron chi connectivity index (χ2n) is 8.38. The summed E-state index contributed by atoms with van der Waals surface area (Å²) in [5, 5.41) is 10.1. The molecule has 0 radical (unpaired) electrons. The summed E-state index contributed by atoms with van der Waals surface area (Å²) in [5.74, 6) is 1.32. The maximum Gasteiger partial charge on any atom is 0.213 e. The fourth-order valence-electron chi connectivity index (χ4n) is 4.14. The third-order valence-electron chi connectivity index (χ3n) is 5.89. The number of pyridine rings is 1. The Morgan fingerprint density at radius 3 is 2.58 bits per heavy atom. The second kappa shape index (κ2) is 13.3. The van der Waals surface area contributed by atoms with E-state index in [-0.39, 0.29) is 0 Å². The van der Waals surface area contributed by atoms with Gasteiger partial charge in [0.2, 0.25) is 5.88 Å². The third kappa shape index (κ3) is 6.59. The molecule has 1 aliphatic rings. The number of alkyl halides is 1. The van der Waals surface area contributed by atoms with Crippen LogP contribution in [0.3, 0.4) is 0 Å². The average molecular weight is 523 g/mol. The van der Waals surface area contributed by atoms with E-state index < -0.39 is 0 Å². The molecule has 4 rings (SSSR count). The van der Waals surface area contributed by atoms with Gasteiger partial charge < -0.3 is 14.2 Å². The Hall–Kier alpha value is -3.04. The van der Waals surface area contributed by atoms with Crippen LogP contribution in [0.5, 0.6) is 11.6 Å². The molecule has 0 fully saturated rings. The van der Waals surface area contributed by atoms with Gasteiger partial charge in [-0.3, -0.25) is 0 Å². The summed E-state index contributed by atoms with van der Waals surface area (Å²) in [6, 6.07) is 18.1. The second-order valence-corrected chi connectivity index (χ2v) is 9.13. The van der Waals surface area contributed by atoms with Gasteiger partial charge in [0.05, 0.1) is 29.7 Å². The van der Waals surface area contributed by atoms with Crippen LogP contribution in [-0.2, 0) is 17.8 Å². The predicted octanol–water partition coefficient (Wildman–Crippen LogP) is 6.98. The largest absolute Gasteiger partial charge is 0.489 e. The molecule has 186 valence electrons. The molecule has 1 heterocycles. The van der Waals surface area contributed by atoms with Crippen LogP contribution >= 0.6 is 23.2 Å². The van der Waals surface area contributed by atoms with Crippen LogP contribution < -0.4 is 9.47 Å². The maximum atomic E-state index is 9.66. The number of halogens is 2. The molecule has 0 bridgehead atoms. The van der Waals surface area contributed by atoms with Crippen LogP contribution in [0.1, 0.15) is 47.1 Å². The number of nitriles is 1. The number of aromatic nitrogens is 1. The Kier molecular flexibility index (Phi) is 9.63. The summed E-state index contributed by atoms with van der Waals surface area (Å²) in [6.45, 7) is 2.21. The van der Waals surface area contributed by atoms with Crippen LogP contribution in [0.15, 0.2) is 60.8 Å². The van der Waals surface area contributed by atoms with Gasteiger partial charge in [-0.2, -0.15) is 5.26 Å². The molecule has 5 nitrogen and oxygen atoms in total. The summed E-state index contributed by atoms with van der Waals surface area (Å²) in [7, 11) is 0. The first-order valence-corrected chi connectivity index (χ1v) is 13.0. The number of benzene rings is 2. The highest BCUT2D eigenvalue weighted by Crippen LogP contribution is 2.42. The summed E-state index contributed by atoms with van der Waals surface area (Å²) in [4.78, 5) is 4.49. The van der Waals surface area contributed by atoms with Gasteiger partial charge in [-0.1, -0.05) is 48.0 Å². The fraction of sp³-hybridized carbons (Fsp3) is 0.310. The number of ether oxygens (including phenoxy) is 3. The van der Waals surface area contributed by atoms with Crippen molar-refractivity contribution in [3.8, 4) is 17.7 Å². The topological polar surface area (TPSA) is 64.4 Å². The van der Waals surface area contributed by atoms with Gasteiger partial charge in [0.1, 0.15) is 12.7 Å². The molecular formula is C29H28Cl2N2O3. The number of unbranched alkanes of at least 4 members (excludes halogenated alkanes) is 1.